The molecule has 5 nitrogen and oxygen atoms in total. The van der Waals surface area contributed by atoms with Gasteiger partial charge in [0.2, 0.25) is 5.91 Å². The molecule has 1 saturated heterocycles. The predicted molar refractivity (Wildman–Crippen MR) is 118 cm³/mol. The number of carbonyl (C=O) groups excluding carboxylic acids is 1. The van der Waals surface area contributed by atoms with Crippen LogP contribution in [0, 0.1) is 5.92 Å². The first-order valence-electron chi connectivity index (χ1n) is 10.4. The van der Waals surface area contributed by atoms with Crippen LogP contribution >= 0.6 is 15.9 Å². The summed E-state index contributed by atoms with van der Waals surface area (Å²) in [6.45, 7) is 2.14. The largest absolute Gasteiger partial charge is 0.461 e. The molecule has 1 aromatic carbocycles. The molecule has 30 heavy (non-hydrogen) atoms. The fourth-order valence-corrected chi connectivity index (χ4v) is 5.03. The number of rotatable bonds is 4. The fraction of sp³-hybridized carbons (Fsp3) is 0.333. The third kappa shape index (κ3) is 3.76. The van der Waals surface area contributed by atoms with Crippen LogP contribution in [0.15, 0.2) is 68.3 Å². The number of likely N-dealkylation sites (tertiary alicyclic amines) is 1. The number of hydrogen-bond donors (Lipinski definition) is 0. The van der Waals surface area contributed by atoms with Crippen molar-refractivity contribution < 1.29 is 9.21 Å². The number of nitrogens with zero attached hydrogens (tertiary/aromatic N) is 2. The summed E-state index contributed by atoms with van der Waals surface area (Å²) < 4.78 is 8.88. The maximum atomic E-state index is 12.9. The molecule has 2 aliphatic heterocycles. The lowest BCUT2D eigenvalue weighted by molar-refractivity contribution is -0.134. The molecule has 3 aromatic rings. The Labute approximate surface area is 183 Å². The molecular formula is C24H23BrN2O3. The number of benzene rings is 1. The van der Waals surface area contributed by atoms with Crippen molar-refractivity contribution >= 4 is 21.8 Å². The lowest BCUT2D eigenvalue weighted by Gasteiger charge is -2.42. The van der Waals surface area contributed by atoms with Gasteiger partial charge >= 0.3 is 0 Å². The van der Waals surface area contributed by atoms with E-state index in [0.29, 0.717) is 31.8 Å². The van der Waals surface area contributed by atoms with E-state index in [1.54, 1.807) is 6.07 Å². The van der Waals surface area contributed by atoms with E-state index in [1.807, 2.05) is 58.0 Å². The Bertz CT molecular complexity index is 1130. The number of hydrogen-bond acceptors (Lipinski definition) is 3. The molecule has 5 rings (SSSR count). The molecule has 0 aliphatic carbocycles. The first-order valence-corrected chi connectivity index (χ1v) is 11.2. The third-order valence-electron chi connectivity index (χ3n) is 6.21. The van der Waals surface area contributed by atoms with Crippen molar-refractivity contribution in [3.63, 3.8) is 0 Å². The van der Waals surface area contributed by atoms with E-state index in [0.717, 1.165) is 40.2 Å². The number of pyridine rings is 1. The molecule has 0 saturated carbocycles. The van der Waals surface area contributed by atoms with Crippen LogP contribution in [0.3, 0.4) is 0 Å². The Morgan fingerprint density at radius 2 is 1.87 bits per heavy atom. The minimum absolute atomic E-state index is 0.0707. The molecule has 0 N–H and O–H groups in total. The topological polar surface area (TPSA) is 55.5 Å². The van der Waals surface area contributed by atoms with Gasteiger partial charge in [-0.25, -0.2) is 0 Å². The molecule has 2 aliphatic rings. The number of carbonyl (C=O) groups is 1. The van der Waals surface area contributed by atoms with Gasteiger partial charge in [-0.1, -0.05) is 34.1 Å². The average molecular weight is 467 g/mol. The Kier molecular flexibility index (Phi) is 5.11. The van der Waals surface area contributed by atoms with Crippen molar-refractivity contribution in [2.75, 3.05) is 13.1 Å². The van der Waals surface area contributed by atoms with Gasteiger partial charge in [0.1, 0.15) is 11.5 Å². The van der Waals surface area contributed by atoms with E-state index >= 15 is 0 Å². The third-order valence-corrected chi connectivity index (χ3v) is 6.74. The highest BCUT2D eigenvalue weighted by molar-refractivity contribution is 9.10. The molecule has 2 atom stereocenters. The second-order valence-electron chi connectivity index (χ2n) is 8.27. The van der Waals surface area contributed by atoms with Crippen LogP contribution in [0.2, 0.25) is 0 Å². The van der Waals surface area contributed by atoms with E-state index in [1.165, 1.54) is 0 Å². The van der Waals surface area contributed by atoms with Gasteiger partial charge in [0.25, 0.3) is 5.56 Å². The van der Waals surface area contributed by atoms with E-state index < -0.39 is 0 Å². The van der Waals surface area contributed by atoms with E-state index in [-0.39, 0.29) is 17.4 Å². The van der Waals surface area contributed by atoms with Crippen molar-refractivity contribution in [2.24, 2.45) is 5.92 Å². The van der Waals surface area contributed by atoms with E-state index in [2.05, 4.69) is 15.9 Å². The lowest BCUT2D eigenvalue weighted by Crippen LogP contribution is -2.49. The normalized spacial score (nSPS) is 20.1. The molecule has 2 bridgehead atoms. The highest BCUT2D eigenvalue weighted by Gasteiger charge is 2.36. The van der Waals surface area contributed by atoms with E-state index in [9.17, 15) is 9.59 Å². The minimum atomic E-state index is 0.0707. The molecule has 1 amide bonds. The predicted octanol–water partition coefficient (Wildman–Crippen LogP) is 4.45. The minimum Gasteiger partial charge on any atom is -0.461 e. The number of fused-ring (bicyclic) bond motifs is 4. The molecule has 4 heterocycles. The Hall–Kier alpha value is -2.60. The van der Waals surface area contributed by atoms with Crippen LogP contribution in [-0.2, 0) is 17.8 Å². The highest BCUT2D eigenvalue weighted by Crippen LogP contribution is 2.35. The zero-order valence-electron chi connectivity index (χ0n) is 16.6. The summed E-state index contributed by atoms with van der Waals surface area (Å²) in [5.74, 6) is 2.42. The molecule has 0 radical (unpaired) electrons. The fourth-order valence-electron chi connectivity index (χ4n) is 4.77. The van der Waals surface area contributed by atoms with Crippen molar-refractivity contribution in [1.29, 1.82) is 0 Å². The molecule has 2 unspecified atom stereocenters. The molecule has 2 aromatic heterocycles. The number of aromatic nitrogens is 1. The Morgan fingerprint density at radius 1 is 1.03 bits per heavy atom. The Balaban J connectivity index is 1.23. The quantitative estimate of drug-likeness (QED) is 0.570. The SMILES string of the molecule is O=C(CCc1ccc(-c2ccc(Br)cc2)o1)N1CC2CC(C1)c1cccc(=O)n1C2. The summed E-state index contributed by atoms with van der Waals surface area (Å²) in [4.78, 5) is 27.1. The number of piperidine rings is 1. The van der Waals surface area contributed by atoms with Gasteiger partial charge in [-0.3, -0.25) is 9.59 Å². The summed E-state index contributed by atoms with van der Waals surface area (Å²) in [6.07, 6.45) is 2.09. The van der Waals surface area contributed by atoms with Crippen molar-refractivity contribution in [3.8, 4) is 11.3 Å². The second kappa shape index (κ2) is 7.91. The van der Waals surface area contributed by atoms with Crippen LogP contribution in [0.5, 0.6) is 0 Å². The summed E-state index contributed by atoms with van der Waals surface area (Å²) in [6, 6.07) is 17.4. The maximum absolute atomic E-state index is 12.9. The summed E-state index contributed by atoms with van der Waals surface area (Å²) >= 11 is 3.44. The first-order chi connectivity index (χ1) is 14.6. The van der Waals surface area contributed by atoms with Crippen LogP contribution in [0.25, 0.3) is 11.3 Å². The second-order valence-corrected chi connectivity index (χ2v) is 9.19. The first kappa shape index (κ1) is 19.4. The van der Waals surface area contributed by atoms with Crippen molar-refractivity contribution in [3.05, 3.63) is 80.9 Å². The van der Waals surface area contributed by atoms with Gasteiger partial charge < -0.3 is 13.9 Å². The standard InChI is InChI=1S/C24H23BrN2O3/c25-19-6-4-17(5-7-19)22-10-8-20(30-22)9-11-23(28)26-13-16-12-18(15-26)21-2-1-3-24(29)27(21)14-16/h1-8,10,16,18H,9,11-15H2. The van der Waals surface area contributed by atoms with Crippen LogP contribution in [0.1, 0.15) is 30.2 Å². The number of furan rings is 1. The number of amides is 1. The summed E-state index contributed by atoms with van der Waals surface area (Å²) in [5, 5.41) is 0. The van der Waals surface area contributed by atoms with Gasteiger partial charge in [0, 0.05) is 60.2 Å². The highest BCUT2D eigenvalue weighted by atomic mass is 79.9. The van der Waals surface area contributed by atoms with Gasteiger partial charge in [-0.05, 0) is 42.7 Å². The molecule has 154 valence electrons. The Morgan fingerprint density at radius 3 is 2.70 bits per heavy atom. The zero-order chi connectivity index (χ0) is 20.7. The van der Waals surface area contributed by atoms with Gasteiger partial charge in [-0.15, -0.1) is 0 Å². The summed E-state index contributed by atoms with van der Waals surface area (Å²) in [5.41, 5.74) is 2.16. The summed E-state index contributed by atoms with van der Waals surface area (Å²) in [7, 11) is 0. The van der Waals surface area contributed by atoms with Crippen LogP contribution in [0.4, 0.5) is 0 Å². The molecule has 6 heteroatoms. The molecule has 0 spiro atoms. The van der Waals surface area contributed by atoms with Crippen molar-refractivity contribution in [1.82, 2.24) is 9.47 Å². The van der Waals surface area contributed by atoms with E-state index in [4.69, 9.17) is 4.42 Å². The van der Waals surface area contributed by atoms with Crippen LogP contribution in [-0.4, -0.2) is 28.5 Å². The average Bonchev–Trinajstić information content (AvgIpc) is 3.22. The van der Waals surface area contributed by atoms with Gasteiger partial charge in [0.05, 0.1) is 0 Å². The zero-order valence-corrected chi connectivity index (χ0v) is 18.2. The van der Waals surface area contributed by atoms with Gasteiger partial charge in [0.15, 0.2) is 0 Å². The number of aryl methyl sites for hydroxylation is 1. The molecular weight excluding hydrogens is 444 g/mol. The maximum Gasteiger partial charge on any atom is 0.250 e. The smallest absolute Gasteiger partial charge is 0.250 e. The lowest BCUT2D eigenvalue weighted by atomic mass is 9.83. The van der Waals surface area contributed by atoms with Crippen LogP contribution < -0.4 is 5.56 Å². The van der Waals surface area contributed by atoms with Crippen molar-refractivity contribution in [2.45, 2.75) is 31.7 Å². The number of halogens is 1. The monoisotopic (exact) mass is 466 g/mol. The van der Waals surface area contributed by atoms with Gasteiger partial charge in [-0.2, -0.15) is 0 Å². The molecule has 1 fully saturated rings.